The third-order valence-corrected chi connectivity index (χ3v) is 6.25. The first-order valence-electron chi connectivity index (χ1n) is 9.90. The number of halogens is 1. The third kappa shape index (κ3) is 4.86. The van der Waals surface area contributed by atoms with E-state index in [1.54, 1.807) is 0 Å². The number of likely N-dealkylation sites (tertiary alicyclic amines) is 1. The Bertz CT molecular complexity index is 603. The normalized spacial score (nSPS) is 19.2. The van der Waals surface area contributed by atoms with Crippen LogP contribution in [0.25, 0.3) is 0 Å². The highest BCUT2D eigenvalue weighted by atomic mass is 35.5. The van der Waals surface area contributed by atoms with Crippen molar-refractivity contribution in [3.8, 4) is 0 Å². The Morgan fingerprint density at radius 2 is 1.69 bits per heavy atom. The summed E-state index contributed by atoms with van der Waals surface area (Å²) in [5.74, 6) is -0.476. The molecule has 0 bridgehead atoms. The van der Waals surface area contributed by atoms with Crippen molar-refractivity contribution in [2.24, 2.45) is 0 Å². The number of rotatable bonds is 6. The highest BCUT2D eigenvalue weighted by Crippen LogP contribution is 2.20. The van der Waals surface area contributed by atoms with Crippen molar-refractivity contribution in [2.45, 2.75) is 58.4 Å². The number of carbonyl (C=O) groups excluding carboxylic acids is 2. The van der Waals surface area contributed by atoms with Crippen LogP contribution in [0.4, 0.5) is 0 Å². The van der Waals surface area contributed by atoms with Gasteiger partial charge in [0, 0.05) is 17.7 Å². The van der Waals surface area contributed by atoms with E-state index in [0.29, 0.717) is 18.5 Å². The van der Waals surface area contributed by atoms with Crippen LogP contribution in [0.2, 0.25) is 0 Å². The van der Waals surface area contributed by atoms with E-state index >= 15 is 0 Å². The van der Waals surface area contributed by atoms with Crippen molar-refractivity contribution in [2.75, 3.05) is 26.2 Å². The smallest absolute Gasteiger partial charge is 0.260 e. The molecule has 2 rings (SSSR count). The second kappa shape index (κ2) is 9.52. The molecule has 0 spiro atoms. The van der Waals surface area contributed by atoms with E-state index in [9.17, 15) is 9.59 Å². The maximum Gasteiger partial charge on any atom is 0.260 e. The minimum Gasteiger partial charge on any atom is -0.321 e. The Labute approximate surface area is 162 Å². The van der Waals surface area contributed by atoms with E-state index in [2.05, 4.69) is 20.8 Å². The summed E-state index contributed by atoms with van der Waals surface area (Å²) in [4.78, 5) is 26.6. The number of hydrogen-bond donors (Lipinski definition) is 0. The second-order valence-electron chi connectivity index (χ2n) is 7.26. The molecule has 0 aromatic heterocycles. The van der Waals surface area contributed by atoms with Gasteiger partial charge in [-0.3, -0.25) is 14.5 Å². The third-order valence-electron chi connectivity index (χ3n) is 5.85. The van der Waals surface area contributed by atoms with Gasteiger partial charge in [-0.2, -0.15) is 0 Å². The molecule has 1 heterocycles. The van der Waals surface area contributed by atoms with Gasteiger partial charge < -0.3 is 4.48 Å². The Balaban J connectivity index is 2.13. The van der Waals surface area contributed by atoms with Gasteiger partial charge in [0.25, 0.3) is 5.91 Å². The van der Waals surface area contributed by atoms with Crippen molar-refractivity contribution in [1.29, 1.82) is 0 Å². The van der Waals surface area contributed by atoms with Gasteiger partial charge in [0.15, 0.2) is 0 Å². The van der Waals surface area contributed by atoms with E-state index in [-0.39, 0.29) is 11.8 Å². The predicted octanol–water partition coefficient (Wildman–Crippen LogP) is 4.21. The zero-order chi connectivity index (χ0) is 19.2. The number of hydrogen-bond acceptors (Lipinski definition) is 2. The average Bonchev–Trinajstić information content (AvgIpc) is 2.67. The van der Waals surface area contributed by atoms with Crippen LogP contribution in [-0.2, 0) is 11.3 Å². The van der Waals surface area contributed by atoms with Crippen molar-refractivity contribution in [3.05, 3.63) is 35.4 Å². The number of amides is 2. The summed E-state index contributed by atoms with van der Waals surface area (Å²) in [5.41, 5.74) is 1.79. The molecule has 2 amide bonds. The molecule has 1 aromatic rings. The highest BCUT2D eigenvalue weighted by Gasteiger charge is 2.29. The highest BCUT2D eigenvalue weighted by molar-refractivity contribution is 6.32. The van der Waals surface area contributed by atoms with Crippen LogP contribution in [-0.4, -0.2) is 52.8 Å². The molecule has 144 valence electrons. The molecule has 1 atom stereocenters. The predicted molar refractivity (Wildman–Crippen MR) is 106 cm³/mol. The number of quaternary nitrogens is 1. The largest absolute Gasteiger partial charge is 0.321 e. The molecule has 0 saturated carbocycles. The Hall–Kier alpha value is -1.39. The van der Waals surface area contributed by atoms with Crippen LogP contribution < -0.4 is 0 Å². The van der Waals surface area contributed by atoms with Crippen LogP contribution in [0.1, 0.15) is 62.4 Å². The zero-order valence-corrected chi connectivity index (χ0v) is 17.1. The quantitative estimate of drug-likeness (QED) is 0.421. The van der Waals surface area contributed by atoms with Crippen LogP contribution in [0.3, 0.4) is 0 Å². The van der Waals surface area contributed by atoms with Gasteiger partial charge in [0.05, 0.1) is 19.6 Å². The van der Waals surface area contributed by atoms with Crippen LogP contribution in [0.5, 0.6) is 0 Å². The summed E-state index contributed by atoms with van der Waals surface area (Å²) in [7, 11) is 0. The lowest BCUT2D eigenvalue weighted by Crippen LogP contribution is -2.46. The molecule has 0 radical (unpaired) electrons. The Morgan fingerprint density at radius 3 is 2.27 bits per heavy atom. The minimum absolute atomic E-state index is 0.226. The molecule has 4 nitrogen and oxygen atoms in total. The Kier molecular flexibility index (Phi) is 7.66. The average molecular weight is 380 g/mol. The molecular weight excluding hydrogens is 348 g/mol. The van der Waals surface area contributed by atoms with E-state index in [1.807, 2.05) is 24.3 Å². The first kappa shape index (κ1) is 20.9. The maximum atomic E-state index is 12.8. The van der Waals surface area contributed by atoms with E-state index in [1.165, 1.54) is 10.5 Å². The molecule has 1 unspecified atom stereocenters. The summed E-state index contributed by atoms with van der Waals surface area (Å²) in [6.45, 7) is 11.4. The molecule has 1 saturated heterocycles. The van der Waals surface area contributed by atoms with Crippen molar-refractivity contribution < 1.29 is 14.1 Å². The summed E-state index contributed by atoms with van der Waals surface area (Å²) in [6.07, 6.45) is 3.45. The molecule has 0 aliphatic carbocycles. The van der Waals surface area contributed by atoms with E-state index in [0.717, 1.165) is 49.9 Å². The molecular formula is C21H32ClN2O2+. The lowest BCUT2D eigenvalue weighted by atomic mass is 10.1. The maximum absolute atomic E-state index is 12.8. The van der Waals surface area contributed by atoms with Gasteiger partial charge in [-0.25, -0.2) is 0 Å². The summed E-state index contributed by atoms with van der Waals surface area (Å²) in [6, 6.07) is 7.74. The fourth-order valence-corrected chi connectivity index (χ4v) is 3.95. The number of benzene rings is 1. The van der Waals surface area contributed by atoms with Gasteiger partial charge in [0.1, 0.15) is 11.9 Å². The SMILES string of the molecule is CC[N+](CC)(CC)Cc1ccc(C(=O)N2CCCCCC(Cl)C2=O)cc1. The number of nitrogens with zero attached hydrogens (tertiary/aromatic N) is 2. The molecule has 0 N–H and O–H groups in total. The number of carbonyl (C=O) groups is 2. The van der Waals surface area contributed by atoms with E-state index < -0.39 is 5.38 Å². The molecule has 1 aromatic carbocycles. The number of alkyl halides is 1. The molecule has 1 aliphatic rings. The van der Waals surface area contributed by atoms with Crippen LogP contribution in [0, 0.1) is 0 Å². The van der Waals surface area contributed by atoms with Crippen LogP contribution in [0.15, 0.2) is 24.3 Å². The summed E-state index contributed by atoms with van der Waals surface area (Å²) in [5, 5.41) is -0.588. The zero-order valence-electron chi connectivity index (χ0n) is 16.3. The first-order valence-corrected chi connectivity index (χ1v) is 10.3. The fourth-order valence-electron chi connectivity index (χ4n) is 3.68. The van der Waals surface area contributed by atoms with E-state index in [4.69, 9.17) is 11.6 Å². The molecule has 1 aliphatic heterocycles. The lowest BCUT2D eigenvalue weighted by Gasteiger charge is -2.36. The van der Waals surface area contributed by atoms with Crippen molar-refractivity contribution >= 4 is 23.4 Å². The fraction of sp³-hybridized carbons (Fsp3) is 0.619. The van der Waals surface area contributed by atoms with Gasteiger partial charge in [0.2, 0.25) is 5.91 Å². The summed E-state index contributed by atoms with van der Waals surface area (Å²) >= 11 is 6.17. The first-order chi connectivity index (χ1) is 12.5. The standard InChI is InChI=1S/C21H32ClN2O2/c1-4-24(5-2,6-3)16-17-11-13-18(14-12-17)20(25)23-15-9-7-8-10-19(22)21(23)26/h11-14,19H,4-10,15-16H2,1-3H3/q+1. The summed E-state index contributed by atoms with van der Waals surface area (Å²) < 4.78 is 1.03. The minimum atomic E-state index is -0.588. The lowest BCUT2D eigenvalue weighted by molar-refractivity contribution is -0.936. The topological polar surface area (TPSA) is 37.4 Å². The van der Waals surface area contributed by atoms with Crippen LogP contribution >= 0.6 is 11.6 Å². The van der Waals surface area contributed by atoms with Gasteiger partial charge in [-0.15, -0.1) is 11.6 Å². The monoisotopic (exact) mass is 379 g/mol. The van der Waals surface area contributed by atoms with Gasteiger partial charge >= 0.3 is 0 Å². The Morgan fingerprint density at radius 1 is 1.08 bits per heavy atom. The van der Waals surface area contributed by atoms with Crippen molar-refractivity contribution in [1.82, 2.24) is 4.90 Å². The number of imide groups is 1. The molecule has 26 heavy (non-hydrogen) atoms. The molecule has 1 fully saturated rings. The second-order valence-corrected chi connectivity index (χ2v) is 7.78. The molecule has 5 heteroatoms. The van der Waals surface area contributed by atoms with Crippen molar-refractivity contribution in [3.63, 3.8) is 0 Å². The van der Waals surface area contributed by atoms with Gasteiger partial charge in [-0.1, -0.05) is 25.0 Å². The van der Waals surface area contributed by atoms with Gasteiger partial charge in [-0.05, 0) is 45.7 Å².